The molecule has 9 nitrogen and oxygen atoms in total. The number of nitrogens with zero attached hydrogens (tertiary/aromatic N) is 4. The minimum Gasteiger partial charge on any atom is -0.467 e. The Labute approximate surface area is 122 Å². The molecule has 2 heterocycles. The van der Waals surface area contributed by atoms with Gasteiger partial charge in [-0.1, -0.05) is 0 Å². The topological polar surface area (TPSA) is 98.7 Å². The number of ether oxygens (including phenoxy) is 3. The Kier molecular flexibility index (Phi) is 5.64. The van der Waals surface area contributed by atoms with Crippen LogP contribution in [0.2, 0.25) is 0 Å². The quantitative estimate of drug-likeness (QED) is 0.712. The van der Waals surface area contributed by atoms with Crippen LogP contribution in [0.1, 0.15) is 5.82 Å². The highest BCUT2D eigenvalue weighted by atomic mass is 16.5. The van der Waals surface area contributed by atoms with Gasteiger partial charge in [0, 0.05) is 20.2 Å². The van der Waals surface area contributed by atoms with Crippen molar-refractivity contribution < 1.29 is 19.0 Å². The third-order valence-electron chi connectivity index (χ3n) is 2.85. The first-order valence-corrected chi connectivity index (χ1v) is 6.60. The molecule has 0 saturated carbocycles. The van der Waals surface area contributed by atoms with Crippen molar-refractivity contribution in [3.63, 3.8) is 0 Å². The van der Waals surface area contributed by atoms with Crippen LogP contribution >= 0.6 is 0 Å². The van der Waals surface area contributed by atoms with Gasteiger partial charge in [-0.25, -0.2) is 0 Å². The zero-order valence-electron chi connectivity index (χ0n) is 12.2. The Bertz CT molecular complexity index is 479. The van der Waals surface area contributed by atoms with E-state index in [0.29, 0.717) is 38.1 Å². The summed E-state index contributed by atoms with van der Waals surface area (Å²) in [6.07, 6.45) is 0. The van der Waals surface area contributed by atoms with Gasteiger partial charge < -0.3 is 24.4 Å². The maximum Gasteiger partial charge on any atom is 0.321 e. The van der Waals surface area contributed by atoms with Gasteiger partial charge in [-0.05, 0) is 0 Å². The van der Waals surface area contributed by atoms with Crippen LogP contribution in [0.3, 0.4) is 0 Å². The summed E-state index contributed by atoms with van der Waals surface area (Å²) in [7, 11) is 2.95. The lowest BCUT2D eigenvalue weighted by Crippen LogP contribution is -2.38. The van der Waals surface area contributed by atoms with Crippen LogP contribution < -0.4 is 15.0 Å². The summed E-state index contributed by atoms with van der Waals surface area (Å²) in [5.74, 6) is 0.735. The molecule has 0 unspecified atom stereocenters. The summed E-state index contributed by atoms with van der Waals surface area (Å²) in [6, 6.07) is 0.225. The maximum absolute atomic E-state index is 11.4. The maximum atomic E-state index is 11.4. The molecule has 1 aliphatic heterocycles. The van der Waals surface area contributed by atoms with Gasteiger partial charge in [0.25, 0.3) is 0 Å². The van der Waals surface area contributed by atoms with Gasteiger partial charge in [0.2, 0.25) is 11.9 Å². The number of carbonyl (C=O) groups excluding carboxylic acids is 1. The summed E-state index contributed by atoms with van der Waals surface area (Å²) in [5.41, 5.74) is 0. The number of methoxy groups -OCH3 is 2. The van der Waals surface area contributed by atoms with Crippen molar-refractivity contribution in [2.75, 3.05) is 52.0 Å². The molecule has 0 spiro atoms. The lowest BCUT2D eigenvalue weighted by atomic mass is 10.4. The van der Waals surface area contributed by atoms with E-state index in [1.807, 2.05) is 4.90 Å². The molecule has 0 atom stereocenters. The molecule has 2 rings (SSSR count). The number of rotatable bonds is 6. The van der Waals surface area contributed by atoms with E-state index in [9.17, 15) is 4.79 Å². The zero-order valence-corrected chi connectivity index (χ0v) is 12.2. The predicted molar refractivity (Wildman–Crippen MR) is 73.1 cm³/mol. The van der Waals surface area contributed by atoms with Crippen LogP contribution in [0.4, 0.5) is 5.95 Å². The molecule has 1 amide bonds. The van der Waals surface area contributed by atoms with Gasteiger partial charge in [-0.3, -0.25) is 4.79 Å². The van der Waals surface area contributed by atoms with Crippen molar-refractivity contribution in [2.24, 2.45) is 0 Å². The SMILES string of the molecule is COCC(=O)NCc1nc(OC)nc(N2CCOCC2)n1. The van der Waals surface area contributed by atoms with Crippen molar-refractivity contribution in [1.82, 2.24) is 20.3 Å². The predicted octanol–water partition coefficient (Wildman–Crippen LogP) is -1.02. The fourth-order valence-corrected chi connectivity index (χ4v) is 1.82. The molecule has 1 aliphatic rings. The van der Waals surface area contributed by atoms with Crippen molar-refractivity contribution >= 4 is 11.9 Å². The molecule has 1 N–H and O–H groups in total. The highest BCUT2D eigenvalue weighted by molar-refractivity contribution is 5.77. The molecule has 0 radical (unpaired) electrons. The number of morpholine rings is 1. The smallest absolute Gasteiger partial charge is 0.321 e. The van der Waals surface area contributed by atoms with E-state index in [1.54, 1.807) is 0 Å². The molecule has 21 heavy (non-hydrogen) atoms. The fourth-order valence-electron chi connectivity index (χ4n) is 1.82. The second-order valence-corrected chi connectivity index (χ2v) is 4.35. The van der Waals surface area contributed by atoms with Gasteiger partial charge in [-0.2, -0.15) is 15.0 Å². The van der Waals surface area contributed by atoms with Crippen LogP contribution in [0.5, 0.6) is 6.01 Å². The molecular formula is C12H19N5O4. The number of hydrogen-bond acceptors (Lipinski definition) is 8. The molecule has 1 fully saturated rings. The van der Waals surface area contributed by atoms with E-state index in [4.69, 9.17) is 14.2 Å². The van der Waals surface area contributed by atoms with E-state index in [2.05, 4.69) is 20.3 Å². The molecule has 1 aromatic rings. The lowest BCUT2D eigenvalue weighted by molar-refractivity contribution is -0.124. The Balaban J connectivity index is 2.07. The van der Waals surface area contributed by atoms with E-state index in [1.165, 1.54) is 14.2 Å². The standard InChI is InChI=1S/C12H19N5O4/c1-19-8-10(18)13-7-9-14-11(16-12(15-9)20-2)17-3-5-21-6-4-17/h3-8H2,1-2H3,(H,13,18). The average Bonchev–Trinajstić information content (AvgIpc) is 2.54. The first-order valence-electron chi connectivity index (χ1n) is 6.60. The highest BCUT2D eigenvalue weighted by Crippen LogP contribution is 2.13. The number of carbonyl (C=O) groups is 1. The molecule has 1 saturated heterocycles. The Morgan fingerprint density at radius 1 is 1.29 bits per heavy atom. The first kappa shape index (κ1) is 15.4. The zero-order chi connectivity index (χ0) is 15.1. The van der Waals surface area contributed by atoms with Crippen LogP contribution in [0.15, 0.2) is 0 Å². The Morgan fingerprint density at radius 3 is 2.71 bits per heavy atom. The van der Waals surface area contributed by atoms with Crippen LogP contribution in [0, 0.1) is 0 Å². The Morgan fingerprint density at radius 2 is 2.05 bits per heavy atom. The molecule has 0 bridgehead atoms. The third-order valence-corrected chi connectivity index (χ3v) is 2.85. The molecule has 0 aliphatic carbocycles. The number of anilines is 1. The first-order chi connectivity index (χ1) is 10.2. The number of hydrogen-bond donors (Lipinski definition) is 1. The second kappa shape index (κ2) is 7.70. The average molecular weight is 297 g/mol. The summed E-state index contributed by atoms with van der Waals surface area (Å²) in [4.78, 5) is 26.1. The number of amides is 1. The molecular weight excluding hydrogens is 278 g/mol. The lowest BCUT2D eigenvalue weighted by Gasteiger charge is -2.26. The monoisotopic (exact) mass is 297 g/mol. The van der Waals surface area contributed by atoms with Gasteiger partial charge in [0.15, 0.2) is 5.82 Å². The minimum absolute atomic E-state index is 0.00145. The van der Waals surface area contributed by atoms with Gasteiger partial charge in [0.05, 0.1) is 26.9 Å². The van der Waals surface area contributed by atoms with Crippen LogP contribution in [0.25, 0.3) is 0 Å². The summed E-state index contributed by atoms with van der Waals surface area (Å²) in [6.45, 7) is 2.88. The minimum atomic E-state index is -0.232. The normalized spacial score (nSPS) is 14.9. The van der Waals surface area contributed by atoms with E-state index >= 15 is 0 Å². The number of aromatic nitrogens is 3. The fraction of sp³-hybridized carbons (Fsp3) is 0.667. The third kappa shape index (κ3) is 4.50. The van der Waals surface area contributed by atoms with Crippen LogP contribution in [-0.2, 0) is 20.8 Å². The molecule has 1 aromatic heterocycles. The van der Waals surface area contributed by atoms with Crippen molar-refractivity contribution in [3.05, 3.63) is 5.82 Å². The Hall–Kier alpha value is -2.00. The van der Waals surface area contributed by atoms with E-state index in [-0.39, 0.29) is 25.1 Å². The van der Waals surface area contributed by atoms with Gasteiger partial charge in [0.1, 0.15) is 6.61 Å². The highest BCUT2D eigenvalue weighted by Gasteiger charge is 2.17. The molecule has 9 heteroatoms. The van der Waals surface area contributed by atoms with Crippen molar-refractivity contribution in [3.8, 4) is 6.01 Å². The van der Waals surface area contributed by atoms with Crippen LogP contribution in [-0.4, -0.2) is 68.0 Å². The summed E-state index contributed by atoms with van der Waals surface area (Å²) >= 11 is 0. The van der Waals surface area contributed by atoms with Crippen molar-refractivity contribution in [1.29, 1.82) is 0 Å². The summed E-state index contributed by atoms with van der Waals surface area (Å²) < 4.78 is 15.1. The summed E-state index contributed by atoms with van der Waals surface area (Å²) in [5, 5.41) is 2.67. The molecule has 0 aromatic carbocycles. The van der Waals surface area contributed by atoms with E-state index < -0.39 is 0 Å². The van der Waals surface area contributed by atoms with Gasteiger partial charge >= 0.3 is 6.01 Å². The molecule has 116 valence electrons. The largest absolute Gasteiger partial charge is 0.467 e. The van der Waals surface area contributed by atoms with Crippen molar-refractivity contribution in [2.45, 2.75) is 6.54 Å². The van der Waals surface area contributed by atoms with Gasteiger partial charge in [-0.15, -0.1) is 0 Å². The van der Waals surface area contributed by atoms with E-state index in [0.717, 1.165) is 0 Å². The second-order valence-electron chi connectivity index (χ2n) is 4.35. The number of nitrogens with one attached hydrogen (secondary N) is 1.